The number of unbranched alkanes of at least 4 members (excludes halogenated alkanes) is 12. The Morgan fingerprint density at radius 1 is 0.769 bits per heavy atom. The maximum absolute atomic E-state index is 11.3. The fraction of sp³-hybridized carbons (Fsp3) is 0.955. The molecule has 0 aliphatic rings. The van der Waals surface area contributed by atoms with Crippen molar-refractivity contribution in [3.8, 4) is 0 Å². The molecule has 0 aromatic heterocycles. The molecule has 0 bridgehead atoms. The number of quaternary nitrogens is 1. The van der Waals surface area contributed by atoms with E-state index in [-0.39, 0.29) is 12.6 Å². The van der Waals surface area contributed by atoms with Crippen LogP contribution in [0.25, 0.3) is 0 Å². The molecule has 26 heavy (non-hydrogen) atoms. The number of nitrogens with one attached hydrogen (secondary N) is 1. The van der Waals surface area contributed by atoms with Gasteiger partial charge in [0.15, 0.2) is 6.67 Å². The van der Waals surface area contributed by atoms with E-state index in [1.165, 1.54) is 89.9 Å². The molecular formula is C22H46N2O2. The topological polar surface area (TPSA) is 68.8 Å². The van der Waals surface area contributed by atoms with E-state index in [4.69, 9.17) is 0 Å². The molecule has 4 heteroatoms. The van der Waals surface area contributed by atoms with Crippen LogP contribution in [0.5, 0.6) is 0 Å². The van der Waals surface area contributed by atoms with Crippen molar-refractivity contribution in [1.29, 1.82) is 0 Å². The first kappa shape index (κ1) is 25.4. The van der Waals surface area contributed by atoms with E-state index >= 15 is 0 Å². The molecule has 0 fully saturated rings. The summed E-state index contributed by atoms with van der Waals surface area (Å²) < 4.78 is 0. The van der Waals surface area contributed by atoms with E-state index < -0.39 is 0 Å². The van der Waals surface area contributed by atoms with Gasteiger partial charge in [0.2, 0.25) is 5.91 Å². The third-order valence-corrected chi connectivity index (χ3v) is 5.55. The third-order valence-electron chi connectivity index (χ3n) is 5.55. The van der Waals surface area contributed by atoms with Gasteiger partial charge in [-0.15, -0.1) is 0 Å². The van der Waals surface area contributed by atoms with Crippen LogP contribution in [-0.4, -0.2) is 12.6 Å². The first-order valence-electron chi connectivity index (χ1n) is 11.4. The third kappa shape index (κ3) is 18.2. The van der Waals surface area contributed by atoms with Crippen molar-refractivity contribution in [2.45, 2.75) is 123 Å². The van der Waals surface area contributed by atoms with Gasteiger partial charge in [-0.2, -0.15) is 0 Å². The second-order valence-electron chi connectivity index (χ2n) is 7.79. The SMILES string of the molecule is CCC(CC)CCCCCCCCCCCCCCCC(=O)NC[NH2+][O-]. The summed E-state index contributed by atoms with van der Waals surface area (Å²) in [6.45, 7) is 4.80. The number of carbonyl (C=O) groups excluding carboxylic acids is 1. The minimum atomic E-state index is 0.00708. The Bertz CT molecular complexity index is 294. The van der Waals surface area contributed by atoms with Crippen LogP contribution in [0.3, 0.4) is 0 Å². The lowest BCUT2D eigenvalue weighted by Crippen LogP contribution is -2.81. The lowest BCUT2D eigenvalue weighted by Gasteiger charge is -2.11. The van der Waals surface area contributed by atoms with Gasteiger partial charge in [-0.3, -0.25) is 4.79 Å². The van der Waals surface area contributed by atoms with Crippen LogP contribution in [0, 0.1) is 11.1 Å². The standard InChI is InChI=1S/C22H46N2O2/c1-3-21(4-2)18-16-14-12-10-8-6-5-7-9-11-13-15-17-19-22(25)23-20-24-26/h21H,3-20,24H2,1-2H3,(H,23,25). The summed E-state index contributed by atoms with van der Waals surface area (Å²) in [6.07, 6.45) is 22.0. The van der Waals surface area contributed by atoms with E-state index in [1.54, 1.807) is 0 Å². The molecule has 0 rings (SSSR count). The highest BCUT2D eigenvalue weighted by atomic mass is 16.5. The Kier molecular flexibility index (Phi) is 20.2. The van der Waals surface area contributed by atoms with Crippen molar-refractivity contribution in [2.75, 3.05) is 6.67 Å². The predicted octanol–water partition coefficient (Wildman–Crippen LogP) is 5.41. The summed E-state index contributed by atoms with van der Waals surface area (Å²) in [5.41, 5.74) is 0.729. The Labute approximate surface area is 162 Å². The van der Waals surface area contributed by atoms with Crippen LogP contribution >= 0.6 is 0 Å². The molecule has 0 spiro atoms. The fourth-order valence-corrected chi connectivity index (χ4v) is 3.60. The van der Waals surface area contributed by atoms with Gasteiger partial charge in [-0.1, -0.05) is 110 Å². The normalized spacial score (nSPS) is 11.2. The number of nitrogens with two attached hydrogens (primary N) is 1. The fourth-order valence-electron chi connectivity index (χ4n) is 3.60. The molecule has 0 unspecified atom stereocenters. The molecule has 3 N–H and O–H groups in total. The van der Waals surface area contributed by atoms with Crippen LogP contribution < -0.4 is 10.8 Å². The second kappa shape index (κ2) is 20.7. The lowest BCUT2D eigenvalue weighted by atomic mass is 9.95. The van der Waals surface area contributed by atoms with Crippen molar-refractivity contribution >= 4 is 5.91 Å². The zero-order valence-corrected chi connectivity index (χ0v) is 17.7. The number of amides is 1. The van der Waals surface area contributed by atoms with Gasteiger partial charge < -0.3 is 16.0 Å². The molecular weight excluding hydrogens is 324 g/mol. The Balaban J connectivity index is 3.12. The molecule has 0 atom stereocenters. The lowest BCUT2D eigenvalue weighted by molar-refractivity contribution is -0.591. The van der Waals surface area contributed by atoms with Gasteiger partial charge in [-0.05, 0) is 12.3 Å². The quantitative estimate of drug-likeness (QED) is 0.171. The van der Waals surface area contributed by atoms with Crippen molar-refractivity contribution in [1.82, 2.24) is 5.32 Å². The van der Waals surface area contributed by atoms with Gasteiger partial charge in [0.25, 0.3) is 0 Å². The molecule has 0 aromatic carbocycles. The van der Waals surface area contributed by atoms with E-state index in [0.717, 1.165) is 24.2 Å². The van der Waals surface area contributed by atoms with Gasteiger partial charge in [0.05, 0.1) is 0 Å². The zero-order chi connectivity index (χ0) is 19.3. The average Bonchev–Trinajstić information content (AvgIpc) is 2.66. The van der Waals surface area contributed by atoms with Gasteiger partial charge in [-0.25, -0.2) is 0 Å². The van der Waals surface area contributed by atoms with E-state index in [0.29, 0.717) is 6.42 Å². The molecule has 1 amide bonds. The largest absolute Gasteiger partial charge is 0.634 e. The highest BCUT2D eigenvalue weighted by molar-refractivity contribution is 5.75. The molecule has 4 nitrogen and oxygen atoms in total. The van der Waals surface area contributed by atoms with Crippen LogP contribution in [0.1, 0.15) is 123 Å². The monoisotopic (exact) mass is 370 g/mol. The summed E-state index contributed by atoms with van der Waals surface area (Å²) in [6, 6.07) is 0. The summed E-state index contributed by atoms with van der Waals surface area (Å²) in [4.78, 5) is 11.3. The Hall–Kier alpha value is -0.610. The smallest absolute Gasteiger partial charge is 0.224 e. The summed E-state index contributed by atoms with van der Waals surface area (Å²) in [5, 5.41) is 12.7. The number of hydroxylamine groups is 1. The van der Waals surface area contributed by atoms with Crippen LogP contribution in [0.15, 0.2) is 0 Å². The van der Waals surface area contributed by atoms with Gasteiger partial charge in [0.1, 0.15) is 0 Å². The number of carbonyl (C=O) groups is 1. The summed E-state index contributed by atoms with van der Waals surface area (Å²) >= 11 is 0. The average molecular weight is 371 g/mol. The first-order valence-corrected chi connectivity index (χ1v) is 11.4. The first-order chi connectivity index (χ1) is 12.7. The van der Waals surface area contributed by atoms with E-state index in [9.17, 15) is 10.0 Å². The zero-order valence-electron chi connectivity index (χ0n) is 17.7. The highest BCUT2D eigenvalue weighted by Gasteiger charge is 2.02. The van der Waals surface area contributed by atoms with Crippen molar-refractivity contribution < 1.29 is 10.3 Å². The second-order valence-corrected chi connectivity index (χ2v) is 7.79. The van der Waals surface area contributed by atoms with Gasteiger partial charge >= 0.3 is 0 Å². The highest BCUT2D eigenvalue weighted by Crippen LogP contribution is 2.18. The molecule has 0 aliphatic carbocycles. The number of hydrogen-bond acceptors (Lipinski definition) is 2. The van der Waals surface area contributed by atoms with Gasteiger partial charge in [0, 0.05) is 6.42 Å². The van der Waals surface area contributed by atoms with Crippen LogP contribution in [-0.2, 0) is 4.79 Å². The number of hydrogen-bond donors (Lipinski definition) is 2. The Morgan fingerprint density at radius 3 is 1.62 bits per heavy atom. The van der Waals surface area contributed by atoms with Crippen molar-refractivity contribution in [2.24, 2.45) is 5.92 Å². The molecule has 0 saturated heterocycles. The summed E-state index contributed by atoms with van der Waals surface area (Å²) in [5.74, 6) is 0.974. The minimum absolute atomic E-state index is 0.00708. The molecule has 0 aliphatic heterocycles. The van der Waals surface area contributed by atoms with E-state index in [1.807, 2.05) is 0 Å². The number of rotatable bonds is 20. The molecule has 0 heterocycles. The van der Waals surface area contributed by atoms with E-state index in [2.05, 4.69) is 19.2 Å². The van der Waals surface area contributed by atoms with Crippen LogP contribution in [0.4, 0.5) is 0 Å². The molecule has 0 saturated carbocycles. The molecule has 0 radical (unpaired) electrons. The molecule has 156 valence electrons. The maximum Gasteiger partial charge on any atom is 0.224 e. The van der Waals surface area contributed by atoms with Crippen molar-refractivity contribution in [3.63, 3.8) is 0 Å². The molecule has 0 aromatic rings. The van der Waals surface area contributed by atoms with Crippen LogP contribution in [0.2, 0.25) is 0 Å². The Morgan fingerprint density at radius 2 is 1.19 bits per heavy atom. The predicted molar refractivity (Wildman–Crippen MR) is 112 cm³/mol. The van der Waals surface area contributed by atoms with Crippen molar-refractivity contribution in [3.05, 3.63) is 5.21 Å². The maximum atomic E-state index is 11.3. The summed E-state index contributed by atoms with van der Waals surface area (Å²) in [7, 11) is 0. The minimum Gasteiger partial charge on any atom is -0.634 e.